The summed E-state index contributed by atoms with van der Waals surface area (Å²) in [6.07, 6.45) is 2.77. The molecule has 1 N–H and O–H groups in total. The molecule has 0 saturated carbocycles. The van der Waals surface area contributed by atoms with Crippen molar-refractivity contribution in [3.63, 3.8) is 0 Å². The summed E-state index contributed by atoms with van der Waals surface area (Å²) in [6.45, 7) is 1.54. The number of halogens is 2. The summed E-state index contributed by atoms with van der Waals surface area (Å²) in [5, 5.41) is 5.53. The van der Waals surface area contributed by atoms with E-state index in [0.717, 1.165) is 4.88 Å². The number of carbonyl (C=O) groups is 2. The number of amides is 1. The predicted octanol–water partition coefficient (Wildman–Crippen LogP) is 4.49. The van der Waals surface area contributed by atoms with Crippen molar-refractivity contribution in [2.75, 3.05) is 6.61 Å². The van der Waals surface area contributed by atoms with Gasteiger partial charge in [0.1, 0.15) is 0 Å². The molecule has 0 unspecified atom stereocenters. The van der Waals surface area contributed by atoms with Crippen molar-refractivity contribution in [3.05, 3.63) is 62.3 Å². The number of hydrogen-bond acceptors (Lipinski definition) is 4. The third-order valence-electron chi connectivity index (χ3n) is 3.05. The summed E-state index contributed by atoms with van der Waals surface area (Å²) in [6, 6.07) is 8.70. The van der Waals surface area contributed by atoms with Crippen molar-refractivity contribution in [3.8, 4) is 0 Å². The van der Waals surface area contributed by atoms with Crippen LogP contribution in [-0.2, 0) is 14.3 Å². The molecule has 0 fully saturated rings. The standard InChI is InChI=1S/C17H15Cl2NO3S/c1-11(15-3-2-8-24-15)20-16(21)10-23-17(22)7-5-12-4-6-13(18)14(19)9-12/h2-9,11H,10H2,1H3,(H,20,21)/b7-5+/t11-/m0/s1. The molecule has 1 atom stereocenters. The minimum atomic E-state index is -0.611. The monoisotopic (exact) mass is 383 g/mol. The van der Waals surface area contributed by atoms with Crippen LogP contribution < -0.4 is 5.32 Å². The van der Waals surface area contributed by atoms with Crippen molar-refractivity contribution >= 4 is 52.5 Å². The largest absolute Gasteiger partial charge is 0.452 e. The van der Waals surface area contributed by atoms with Gasteiger partial charge < -0.3 is 10.1 Å². The lowest BCUT2D eigenvalue weighted by molar-refractivity contribution is -0.144. The van der Waals surface area contributed by atoms with Gasteiger partial charge in [0.2, 0.25) is 0 Å². The van der Waals surface area contributed by atoms with E-state index in [1.54, 1.807) is 29.5 Å². The van der Waals surface area contributed by atoms with E-state index < -0.39 is 5.97 Å². The molecule has 0 aliphatic heterocycles. The van der Waals surface area contributed by atoms with Crippen LogP contribution in [0.1, 0.15) is 23.4 Å². The minimum Gasteiger partial charge on any atom is -0.452 e. The summed E-state index contributed by atoms with van der Waals surface area (Å²) in [5.41, 5.74) is 0.706. The first-order valence-electron chi connectivity index (χ1n) is 7.08. The van der Waals surface area contributed by atoms with Crippen molar-refractivity contribution in [1.29, 1.82) is 0 Å². The lowest BCUT2D eigenvalue weighted by Crippen LogP contribution is -2.30. The molecule has 1 aromatic carbocycles. The van der Waals surface area contributed by atoms with Crippen molar-refractivity contribution in [2.45, 2.75) is 13.0 Å². The molecule has 1 aromatic heterocycles. The van der Waals surface area contributed by atoms with Gasteiger partial charge in [0.25, 0.3) is 5.91 Å². The van der Waals surface area contributed by atoms with E-state index >= 15 is 0 Å². The zero-order valence-electron chi connectivity index (χ0n) is 12.8. The molecule has 0 aliphatic rings. The Morgan fingerprint density at radius 1 is 1.29 bits per heavy atom. The zero-order valence-corrected chi connectivity index (χ0v) is 15.1. The van der Waals surface area contributed by atoms with Gasteiger partial charge >= 0.3 is 5.97 Å². The van der Waals surface area contributed by atoms with Gasteiger partial charge in [-0.2, -0.15) is 0 Å². The first-order chi connectivity index (χ1) is 11.5. The Bertz CT molecular complexity index is 744. The maximum Gasteiger partial charge on any atom is 0.331 e. The van der Waals surface area contributed by atoms with Crippen LogP contribution in [0.15, 0.2) is 41.8 Å². The van der Waals surface area contributed by atoms with Gasteiger partial charge in [-0.25, -0.2) is 4.79 Å². The summed E-state index contributed by atoms with van der Waals surface area (Å²) < 4.78 is 4.90. The molecule has 2 rings (SSSR count). The molecule has 1 heterocycles. The molecule has 4 nitrogen and oxygen atoms in total. The van der Waals surface area contributed by atoms with Gasteiger partial charge in [-0.15, -0.1) is 11.3 Å². The van der Waals surface area contributed by atoms with E-state index in [2.05, 4.69) is 5.32 Å². The van der Waals surface area contributed by atoms with Crippen LogP contribution in [0.25, 0.3) is 6.08 Å². The zero-order chi connectivity index (χ0) is 17.5. The fourth-order valence-electron chi connectivity index (χ4n) is 1.86. The Kier molecular flexibility index (Phi) is 6.85. The second-order valence-electron chi connectivity index (χ2n) is 4.92. The topological polar surface area (TPSA) is 55.4 Å². The number of thiophene rings is 1. The number of ether oxygens (including phenoxy) is 1. The quantitative estimate of drug-likeness (QED) is 0.590. The predicted molar refractivity (Wildman–Crippen MR) is 97.3 cm³/mol. The molecule has 1 amide bonds. The van der Waals surface area contributed by atoms with E-state index in [4.69, 9.17) is 27.9 Å². The molecule has 0 bridgehead atoms. The van der Waals surface area contributed by atoms with E-state index in [-0.39, 0.29) is 18.6 Å². The van der Waals surface area contributed by atoms with Crippen LogP contribution in [0, 0.1) is 0 Å². The maximum atomic E-state index is 11.8. The molecule has 2 aromatic rings. The summed E-state index contributed by atoms with van der Waals surface area (Å²) in [7, 11) is 0. The highest BCUT2D eigenvalue weighted by molar-refractivity contribution is 7.10. The Morgan fingerprint density at radius 3 is 2.75 bits per heavy atom. The maximum absolute atomic E-state index is 11.8. The third kappa shape index (κ3) is 5.67. The second kappa shape index (κ2) is 8.87. The normalized spacial score (nSPS) is 12.1. The van der Waals surface area contributed by atoms with Gasteiger partial charge in [0.05, 0.1) is 16.1 Å². The van der Waals surface area contributed by atoms with Gasteiger partial charge in [0.15, 0.2) is 6.61 Å². The molecular formula is C17H15Cl2NO3S. The SMILES string of the molecule is C[C@H](NC(=O)COC(=O)/C=C/c1ccc(Cl)c(Cl)c1)c1cccs1. The van der Waals surface area contributed by atoms with Crippen LogP contribution in [0.4, 0.5) is 0 Å². The highest BCUT2D eigenvalue weighted by atomic mass is 35.5. The molecule has 126 valence electrons. The van der Waals surface area contributed by atoms with Gasteiger partial charge in [0, 0.05) is 11.0 Å². The van der Waals surface area contributed by atoms with E-state index in [0.29, 0.717) is 15.6 Å². The van der Waals surface area contributed by atoms with Crippen molar-refractivity contribution in [2.24, 2.45) is 0 Å². The third-order valence-corrected chi connectivity index (χ3v) is 4.84. The number of benzene rings is 1. The van der Waals surface area contributed by atoms with Crippen LogP contribution in [0.5, 0.6) is 0 Å². The number of nitrogens with one attached hydrogen (secondary N) is 1. The van der Waals surface area contributed by atoms with Crippen LogP contribution in [0.2, 0.25) is 10.0 Å². The Morgan fingerprint density at radius 2 is 2.08 bits per heavy atom. The van der Waals surface area contributed by atoms with Crippen LogP contribution >= 0.6 is 34.5 Å². The number of hydrogen-bond donors (Lipinski definition) is 1. The Labute approximate surface area is 154 Å². The average Bonchev–Trinajstić information content (AvgIpc) is 3.08. The second-order valence-corrected chi connectivity index (χ2v) is 6.71. The van der Waals surface area contributed by atoms with E-state index in [1.165, 1.54) is 12.2 Å². The molecule has 0 aliphatic carbocycles. The first kappa shape index (κ1) is 18.5. The van der Waals surface area contributed by atoms with Crippen molar-refractivity contribution < 1.29 is 14.3 Å². The Balaban J connectivity index is 1.78. The summed E-state index contributed by atoms with van der Waals surface area (Å²) in [5.74, 6) is -0.966. The van der Waals surface area contributed by atoms with Gasteiger partial charge in [-0.3, -0.25) is 4.79 Å². The molecule has 7 heteroatoms. The fraction of sp³-hybridized carbons (Fsp3) is 0.176. The lowest BCUT2D eigenvalue weighted by atomic mass is 10.2. The lowest BCUT2D eigenvalue weighted by Gasteiger charge is -2.11. The highest BCUT2D eigenvalue weighted by Gasteiger charge is 2.11. The first-order valence-corrected chi connectivity index (χ1v) is 8.72. The summed E-state index contributed by atoms with van der Waals surface area (Å²) in [4.78, 5) is 24.4. The van der Waals surface area contributed by atoms with Gasteiger partial charge in [-0.1, -0.05) is 35.3 Å². The van der Waals surface area contributed by atoms with Crippen molar-refractivity contribution in [1.82, 2.24) is 5.32 Å². The average molecular weight is 384 g/mol. The van der Waals surface area contributed by atoms with E-state index in [9.17, 15) is 9.59 Å². The fourth-order valence-corrected chi connectivity index (χ4v) is 2.90. The van der Waals surface area contributed by atoms with E-state index in [1.807, 2.05) is 24.4 Å². The smallest absolute Gasteiger partial charge is 0.331 e. The number of carbonyl (C=O) groups excluding carboxylic acids is 2. The van der Waals surface area contributed by atoms with Gasteiger partial charge in [-0.05, 0) is 42.1 Å². The molecule has 0 spiro atoms. The molecular weight excluding hydrogens is 369 g/mol. The highest BCUT2D eigenvalue weighted by Crippen LogP contribution is 2.23. The molecule has 0 radical (unpaired) electrons. The molecule has 0 saturated heterocycles. The number of esters is 1. The Hall–Kier alpha value is -1.82. The van der Waals surface area contributed by atoms with Crippen LogP contribution in [0.3, 0.4) is 0 Å². The molecule has 24 heavy (non-hydrogen) atoms. The number of rotatable bonds is 6. The minimum absolute atomic E-state index is 0.122. The van der Waals surface area contributed by atoms with Crippen LogP contribution in [-0.4, -0.2) is 18.5 Å². The summed E-state index contributed by atoms with van der Waals surface area (Å²) >= 11 is 13.3.